The lowest BCUT2D eigenvalue weighted by molar-refractivity contribution is 0.0538. The van der Waals surface area contributed by atoms with E-state index in [9.17, 15) is 0 Å². The summed E-state index contributed by atoms with van der Waals surface area (Å²) in [5.74, 6) is 1.31. The highest BCUT2D eigenvalue weighted by Gasteiger charge is 2.24. The molecule has 1 aromatic carbocycles. The van der Waals surface area contributed by atoms with E-state index in [0.717, 1.165) is 19.8 Å². The molecule has 1 fully saturated rings. The van der Waals surface area contributed by atoms with Gasteiger partial charge >= 0.3 is 0 Å². The zero-order valence-electron chi connectivity index (χ0n) is 12.5. The average molecular weight is 261 g/mol. The van der Waals surface area contributed by atoms with Gasteiger partial charge in [-0.2, -0.15) is 0 Å². The first-order valence-corrected chi connectivity index (χ1v) is 7.63. The molecule has 0 spiro atoms. The molecular weight excluding hydrogens is 234 g/mol. The predicted molar refractivity (Wildman–Crippen MR) is 80.5 cm³/mol. The van der Waals surface area contributed by atoms with Gasteiger partial charge in [0.25, 0.3) is 0 Å². The maximum absolute atomic E-state index is 5.49. The number of hydrogen-bond donors (Lipinski definition) is 1. The molecule has 1 heterocycles. The van der Waals surface area contributed by atoms with Gasteiger partial charge in [0.2, 0.25) is 0 Å². The summed E-state index contributed by atoms with van der Waals surface area (Å²) in [4.78, 5) is 0. The van der Waals surface area contributed by atoms with Crippen molar-refractivity contribution in [3.05, 3.63) is 35.4 Å². The summed E-state index contributed by atoms with van der Waals surface area (Å²) in [6.07, 6.45) is 2.34. The van der Waals surface area contributed by atoms with E-state index in [1.807, 2.05) is 0 Å². The van der Waals surface area contributed by atoms with E-state index >= 15 is 0 Å². The van der Waals surface area contributed by atoms with Crippen LogP contribution in [0.5, 0.6) is 0 Å². The highest BCUT2D eigenvalue weighted by Crippen LogP contribution is 2.30. The van der Waals surface area contributed by atoms with Gasteiger partial charge in [-0.05, 0) is 42.3 Å². The van der Waals surface area contributed by atoms with Crippen LogP contribution < -0.4 is 5.32 Å². The van der Waals surface area contributed by atoms with Crippen LogP contribution in [-0.4, -0.2) is 19.8 Å². The molecule has 1 saturated heterocycles. The lowest BCUT2D eigenvalue weighted by Crippen LogP contribution is -2.32. The molecule has 0 radical (unpaired) electrons. The molecule has 2 heteroatoms. The Morgan fingerprint density at radius 1 is 1.11 bits per heavy atom. The van der Waals surface area contributed by atoms with E-state index in [1.165, 1.54) is 24.0 Å². The summed E-state index contributed by atoms with van der Waals surface area (Å²) in [7, 11) is 0. The Kier molecular flexibility index (Phi) is 5.41. The van der Waals surface area contributed by atoms with Crippen LogP contribution in [0.1, 0.15) is 56.7 Å². The standard InChI is InChI=1S/C17H27NO/c1-4-18-17(16-9-11-19-12-10-16)15-7-5-14(6-8-15)13(2)3/h5-8,13,16-18H,4,9-12H2,1-3H3. The summed E-state index contributed by atoms with van der Waals surface area (Å²) in [5.41, 5.74) is 2.85. The Bertz CT molecular complexity index is 365. The van der Waals surface area contributed by atoms with Gasteiger partial charge in [0.05, 0.1) is 0 Å². The summed E-state index contributed by atoms with van der Waals surface area (Å²) in [5, 5.41) is 3.66. The lowest BCUT2D eigenvalue weighted by Gasteiger charge is -2.31. The highest BCUT2D eigenvalue weighted by atomic mass is 16.5. The van der Waals surface area contributed by atoms with Crippen LogP contribution in [0.25, 0.3) is 0 Å². The first-order valence-electron chi connectivity index (χ1n) is 7.63. The second-order valence-corrected chi connectivity index (χ2v) is 5.81. The normalized spacial score (nSPS) is 18.7. The Labute approximate surface area is 117 Å². The summed E-state index contributed by atoms with van der Waals surface area (Å²) < 4.78 is 5.49. The molecule has 106 valence electrons. The molecule has 2 nitrogen and oxygen atoms in total. The highest BCUT2D eigenvalue weighted by molar-refractivity contribution is 5.27. The van der Waals surface area contributed by atoms with E-state index in [-0.39, 0.29) is 0 Å². The molecular formula is C17H27NO. The van der Waals surface area contributed by atoms with Crippen molar-refractivity contribution in [2.75, 3.05) is 19.8 Å². The van der Waals surface area contributed by atoms with Crippen LogP contribution >= 0.6 is 0 Å². The second kappa shape index (κ2) is 7.06. The van der Waals surface area contributed by atoms with Gasteiger partial charge < -0.3 is 10.1 Å². The van der Waals surface area contributed by atoms with Crippen molar-refractivity contribution in [2.24, 2.45) is 5.92 Å². The maximum Gasteiger partial charge on any atom is 0.0469 e. The molecule has 2 rings (SSSR count). The van der Waals surface area contributed by atoms with Gasteiger partial charge in [-0.1, -0.05) is 45.0 Å². The van der Waals surface area contributed by atoms with Crippen molar-refractivity contribution in [3.63, 3.8) is 0 Å². The number of benzene rings is 1. The first-order chi connectivity index (χ1) is 9.22. The van der Waals surface area contributed by atoms with Gasteiger partial charge in [0.1, 0.15) is 0 Å². The topological polar surface area (TPSA) is 21.3 Å². The minimum Gasteiger partial charge on any atom is -0.381 e. The number of ether oxygens (including phenoxy) is 1. The smallest absolute Gasteiger partial charge is 0.0469 e. The molecule has 0 bridgehead atoms. The zero-order chi connectivity index (χ0) is 13.7. The van der Waals surface area contributed by atoms with E-state index in [4.69, 9.17) is 4.74 Å². The molecule has 1 N–H and O–H groups in total. The second-order valence-electron chi connectivity index (χ2n) is 5.81. The van der Waals surface area contributed by atoms with Crippen molar-refractivity contribution in [3.8, 4) is 0 Å². The third-order valence-corrected chi connectivity index (χ3v) is 4.12. The monoisotopic (exact) mass is 261 g/mol. The molecule has 19 heavy (non-hydrogen) atoms. The van der Waals surface area contributed by atoms with Crippen LogP contribution in [0.4, 0.5) is 0 Å². The Hall–Kier alpha value is -0.860. The molecule has 1 aromatic rings. The fraction of sp³-hybridized carbons (Fsp3) is 0.647. The predicted octanol–water partition coefficient (Wildman–Crippen LogP) is 3.89. The largest absolute Gasteiger partial charge is 0.381 e. The number of hydrogen-bond acceptors (Lipinski definition) is 2. The summed E-state index contributed by atoms with van der Waals surface area (Å²) in [6.45, 7) is 9.53. The van der Waals surface area contributed by atoms with Crippen LogP contribution in [0.15, 0.2) is 24.3 Å². The first kappa shape index (κ1) is 14.5. The van der Waals surface area contributed by atoms with E-state index in [1.54, 1.807) is 0 Å². The van der Waals surface area contributed by atoms with Crippen molar-refractivity contribution in [1.82, 2.24) is 5.32 Å². The fourth-order valence-corrected chi connectivity index (χ4v) is 2.91. The quantitative estimate of drug-likeness (QED) is 0.868. The number of nitrogens with one attached hydrogen (secondary N) is 1. The summed E-state index contributed by atoms with van der Waals surface area (Å²) >= 11 is 0. The van der Waals surface area contributed by atoms with Crippen LogP contribution in [0.2, 0.25) is 0 Å². The van der Waals surface area contributed by atoms with E-state index in [0.29, 0.717) is 17.9 Å². The third-order valence-electron chi connectivity index (χ3n) is 4.12. The van der Waals surface area contributed by atoms with Crippen LogP contribution in [0, 0.1) is 5.92 Å². The van der Waals surface area contributed by atoms with Gasteiger partial charge in [-0.3, -0.25) is 0 Å². The van der Waals surface area contributed by atoms with Crippen molar-refractivity contribution < 1.29 is 4.74 Å². The Balaban J connectivity index is 2.13. The lowest BCUT2D eigenvalue weighted by atomic mass is 9.86. The zero-order valence-corrected chi connectivity index (χ0v) is 12.5. The number of rotatable bonds is 5. The Morgan fingerprint density at radius 3 is 2.21 bits per heavy atom. The van der Waals surface area contributed by atoms with E-state index in [2.05, 4.69) is 50.4 Å². The summed E-state index contributed by atoms with van der Waals surface area (Å²) in [6, 6.07) is 9.65. The van der Waals surface area contributed by atoms with Crippen molar-refractivity contribution in [2.45, 2.75) is 45.6 Å². The third kappa shape index (κ3) is 3.80. The molecule has 1 aliphatic rings. The van der Waals surface area contributed by atoms with Crippen molar-refractivity contribution in [1.29, 1.82) is 0 Å². The van der Waals surface area contributed by atoms with Crippen molar-refractivity contribution >= 4 is 0 Å². The Morgan fingerprint density at radius 2 is 1.68 bits per heavy atom. The van der Waals surface area contributed by atoms with Gasteiger partial charge in [0.15, 0.2) is 0 Å². The fourth-order valence-electron chi connectivity index (χ4n) is 2.91. The van der Waals surface area contributed by atoms with Crippen LogP contribution in [-0.2, 0) is 4.74 Å². The van der Waals surface area contributed by atoms with E-state index < -0.39 is 0 Å². The minimum absolute atomic E-state index is 0.482. The molecule has 0 amide bonds. The molecule has 0 aliphatic carbocycles. The van der Waals surface area contributed by atoms with Gasteiger partial charge in [-0.25, -0.2) is 0 Å². The molecule has 1 aliphatic heterocycles. The maximum atomic E-state index is 5.49. The average Bonchev–Trinajstić information content (AvgIpc) is 2.46. The molecule has 1 atom stereocenters. The minimum atomic E-state index is 0.482. The van der Waals surface area contributed by atoms with Gasteiger partial charge in [0, 0.05) is 19.3 Å². The van der Waals surface area contributed by atoms with Gasteiger partial charge in [-0.15, -0.1) is 0 Å². The molecule has 0 aromatic heterocycles. The SMILES string of the molecule is CCNC(c1ccc(C(C)C)cc1)C1CCOCC1. The van der Waals surface area contributed by atoms with Crippen LogP contribution in [0.3, 0.4) is 0 Å². The molecule has 0 saturated carbocycles. The molecule has 1 unspecified atom stereocenters.